The molecular formula is C30H24Cl2F6N2O5. The number of halogens is 8. The van der Waals surface area contributed by atoms with Crippen molar-refractivity contribution >= 4 is 40.8 Å². The number of alkyl halides is 3. The highest BCUT2D eigenvalue weighted by Gasteiger charge is 2.46. The fourth-order valence-corrected chi connectivity index (χ4v) is 6.16. The van der Waals surface area contributed by atoms with Crippen LogP contribution in [0.15, 0.2) is 36.4 Å². The number of hydrogen-bond donors (Lipinski definition) is 2. The van der Waals surface area contributed by atoms with Crippen LogP contribution < -0.4 is 15.0 Å². The van der Waals surface area contributed by atoms with Gasteiger partial charge in [-0.1, -0.05) is 35.3 Å². The third-order valence-electron chi connectivity index (χ3n) is 7.57. The number of nitrogens with one attached hydrogen (secondary N) is 1. The zero-order valence-electron chi connectivity index (χ0n) is 23.1. The minimum absolute atomic E-state index is 0.0254. The summed E-state index contributed by atoms with van der Waals surface area (Å²) in [5.74, 6) is -6.16. The summed E-state index contributed by atoms with van der Waals surface area (Å²) in [4.78, 5) is 25.9. The molecule has 2 N–H and O–H groups in total. The molecule has 1 fully saturated rings. The topological polar surface area (TPSA) is 88.1 Å². The summed E-state index contributed by atoms with van der Waals surface area (Å²) in [6.45, 7) is -0.837. The third kappa shape index (κ3) is 6.80. The van der Waals surface area contributed by atoms with E-state index >= 15 is 8.78 Å². The van der Waals surface area contributed by atoms with Crippen LogP contribution in [0.4, 0.5) is 32.0 Å². The Bertz CT molecular complexity index is 1610. The molecular weight excluding hydrogens is 653 g/mol. The number of aliphatic carboxylic acids is 1. The second-order valence-electron chi connectivity index (χ2n) is 10.5. The summed E-state index contributed by atoms with van der Waals surface area (Å²) in [6, 6.07) is 2.66. The van der Waals surface area contributed by atoms with Crippen LogP contribution in [0, 0.1) is 17.5 Å². The maximum atomic E-state index is 15.1. The number of carbonyl (C=O) groups is 2. The van der Waals surface area contributed by atoms with Gasteiger partial charge in [-0.3, -0.25) is 4.79 Å². The van der Waals surface area contributed by atoms with E-state index in [-0.39, 0.29) is 29.6 Å². The van der Waals surface area contributed by atoms with Crippen LogP contribution in [-0.4, -0.2) is 61.6 Å². The molecule has 0 saturated carbocycles. The van der Waals surface area contributed by atoms with Crippen molar-refractivity contribution in [3.63, 3.8) is 0 Å². The highest BCUT2D eigenvalue weighted by atomic mass is 35.5. The van der Waals surface area contributed by atoms with E-state index < -0.39 is 65.4 Å². The zero-order chi connectivity index (χ0) is 32.6. The summed E-state index contributed by atoms with van der Waals surface area (Å²) < 4.78 is 95.2. The van der Waals surface area contributed by atoms with E-state index in [2.05, 4.69) is 5.32 Å². The molecule has 240 valence electrons. The second kappa shape index (κ2) is 13.0. The van der Waals surface area contributed by atoms with Crippen molar-refractivity contribution in [2.24, 2.45) is 0 Å². The van der Waals surface area contributed by atoms with Crippen LogP contribution >= 0.6 is 23.2 Å². The van der Waals surface area contributed by atoms with Crippen molar-refractivity contribution in [3.05, 3.63) is 80.6 Å². The van der Waals surface area contributed by atoms with Gasteiger partial charge in [0, 0.05) is 29.8 Å². The Morgan fingerprint density at radius 2 is 1.71 bits per heavy atom. The number of carboxylic acid groups (broad SMARTS) is 1. The predicted molar refractivity (Wildman–Crippen MR) is 153 cm³/mol. The van der Waals surface area contributed by atoms with E-state index in [1.807, 2.05) is 0 Å². The fourth-order valence-electron chi connectivity index (χ4n) is 5.50. The molecule has 0 spiro atoms. The van der Waals surface area contributed by atoms with Gasteiger partial charge in [0.2, 0.25) is 0 Å². The molecule has 7 nitrogen and oxygen atoms in total. The van der Waals surface area contributed by atoms with Crippen LogP contribution in [-0.2, 0) is 22.4 Å². The van der Waals surface area contributed by atoms with Gasteiger partial charge in [0.25, 0.3) is 5.91 Å². The molecule has 15 heteroatoms. The molecule has 45 heavy (non-hydrogen) atoms. The average molecular weight is 677 g/mol. The molecule has 0 radical (unpaired) electrons. The van der Waals surface area contributed by atoms with Crippen LogP contribution in [0.25, 0.3) is 11.1 Å². The van der Waals surface area contributed by atoms with Crippen LogP contribution in [0.1, 0.15) is 27.9 Å². The largest absolute Gasteiger partial charge is 0.493 e. The lowest BCUT2D eigenvalue weighted by Crippen LogP contribution is -2.53. The zero-order valence-corrected chi connectivity index (χ0v) is 24.6. The SMILES string of the molecule is O=C(NC(Cc1ccc(-c2c(Cl)cc(F)cc2Cl)c2c1CCCO2)C(=O)O)c1c(F)cc(N2CCOCC2C(F)(F)F)cc1F. The second-order valence-corrected chi connectivity index (χ2v) is 11.3. The highest BCUT2D eigenvalue weighted by molar-refractivity contribution is 6.39. The highest BCUT2D eigenvalue weighted by Crippen LogP contribution is 2.44. The third-order valence-corrected chi connectivity index (χ3v) is 8.17. The molecule has 3 aromatic rings. The lowest BCUT2D eigenvalue weighted by molar-refractivity contribution is -0.167. The first-order valence-corrected chi connectivity index (χ1v) is 14.4. The molecule has 2 aliphatic rings. The number of anilines is 1. The molecule has 3 aromatic carbocycles. The van der Waals surface area contributed by atoms with Crippen molar-refractivity contribution in [1.82, 2.24) is 5.32 Å². The molecule has 2 aliphatic heterocycles. The van der Waals surface area contributed by atoms with Gasteiger partial charge in [0.1, 0.15) is 40.8 Å². The van der Waals surface area contributed by atoms with Gasteiger partial charge < -0.3 is 24.8 Å². The minimum Gasteiger partial charge on any atom is -0.493 e. The van der Waals surface area contributed by atoms with Gasteiger partial charge in [0.05, 0.1) is 29.9 Å². The smallest absolute Gasteiger partial charge is 0.411 e. The first-order valence-electron chi connectivity index (χ1n) is 13.6. The van der Waals surface area contributed by atoms with Gasteiger partial charge in [-0.05, 0) is 48.2 Å². The first-order chi connectivity index (χ1) is 21.3. The molecule has 0 aromatic heterocycles. The van der Waals surface area contributed by atoms with Crippen LogP contribution in [0.2, 0.25) is 10.0 Å². The Balaban J connectivity index is 1.42. The number of fused-ring (bicyclic) bond motifs is 1. The van der Waals surface area contributed by atoms with E-state index in [9.17, 15) is 32.3 Å². The van der Waals surface area contributed by atoms with Gasteiger partial charge in [0.15, 0.2) is 0 Å². The van der Waals surface area contributed by atoms with E-state index in [4.69, 9.17) is 32.7 Å². The first kappa shape index (κ1) is 32.7. The molecule has 0 bridgehead atoms. The Kier molecular flexibility index (Phi) is 9.43. The van der Waals surface area contributed by atoms with Gasteiger partial charge in [-0.15, -0.1) is 0 Å². The molecule has 5 rings (SSSR count). The lowest BCUT2D eigenvalue weighted by atomic mass is 9.90. The normalized spacial score (nSPS) is 17.3. The van der Waals surface area contributed by atoms with E-state index in [1.54, 1.807) is 12.1 Å². The van der Waals surface area contributed by atoms with Gasteiger partial charge in [-0.2, -0.15) is 13.2 Å². The molecule has 0 aliphatic carbocycles. The maximum Gasteiger partial charge on any atom is 0.411 e. The number of carbonyl (C=O) groups excluding carboxylic acids is 1. The van der Waals surface area contributed by atoms with Crippen LogP contribution in [0.5, 0.6) is 5.75 Å². The Hall–Kier alpha value is -3.68. The van der Waals surface area contributed by atoms with Crippen molar-refractivity contribution in [1.29, 1.82) is 0 Å². The van der Waals surface area contributed by atoms with Crippen molar-refractivity contribution < 1.29 is 50.5 Å². The standard InChI is InChI=1S/C30H24Cl2F6N2O5/c31-19-9-15(33)10-20(32)25(19)18-4-3-14(17-2-1-6-45-27(17)18)8-23(29(42)43)39-28(41)26-21(34)11-16(12-22(26)35)40-5-7-44-13-24(40)30(36,37)38/h3-4,9-12,23-24H,1-2,5-8,13H2,(H,39,41)(H,42,43). The van der Waals surface area contributed by atoms with Gasteiger partial charge in [-0.25, -0.2) is 18.0 Å². The summed E-state index contributed by atoms with van der Waals surface area (Å²) in [6.07, 6.45) is -4.06. The number of ether oxygens (including phenoxy) is 2. The molecule has 1 amide bonds. The predicted octanol–water partition coefficient (Wildman–Crippen LogP) is 6.60. The van der Waals surface area contributed by atoms with Gasteiger partial charge >= 0.3 is 12.1 Å². The summed E-state index contributed by atoms with van der Waals surface area (Å²) in [5, 5.41) is 12.1. The van der Waals surface area contributed by atoms with Crippen molar-refractivity contribution in [3.8, 4) is 16.9 Å². The number of nitrogens with zero attached hydrogens (tertiary/aromatic N) is 1. The number of carboxylic acids is 1. The summed E-state index contributed by atoms with van der Waals surface area (Å²) >= 11 is 12.5. The number of hydrogen-bond acceptors (Lipinski definition) is 5. The monoisotopic (exact) mass is 676 g/mol. The number of amides is 1. The number of rotatable bonds is 7. The Morgan fingerprint density at radius 1 is 1.04 bits per heavy atom. The minimum atomic E-state index is -4.75. The molecule has 2 atom stereocenters. The van der Waals surface area contributed by atoms with E-state index in [0.717, 1.165) is 17.0 Å². The Labute approximate surface area is 262 Å². The Morgan fingerprint density at radius 3 is 2.33 bits per heavy atom. The molecule has 1 saturated heterocycles. The molecule has 2 unspecified atom stereocenters. The van der Waals surface area contributed by atoms with E-state index in [0.29, 0.717) is 59.6 Å². The van der Waals surface area contributed by atoms with Crippen LogP contribution in [0.3, 0.4) is 0 Å². The lowest BCUT2D eigenvalue weighted by Gasteiger charge is -2.38. The van der Waals surface area contributed by atoms with Crippen molar-refractivity contribution in [2.45, 2.75) is 37.5 Å². The number of benzene rings is 3. The van der Waals surface area contributed by atoms with E-state index in [1.165, 1.54) is 0 Å². The fraction of sp³-hybridized carbons (Fsp3) is 0.333. The average Bonchev–Trinajstić information content (AvgIpc) is 2.96. The molecule has 2 heterocycles. The summed E-state index contributed by atoms with van der Waals surface area (Å²) in [7, 11) is 0. The summed E-state index contributed by atoms with van der Waals surface area (Å²) in [5.41, 5.74) is 0.176. The quantitative estimate of drug-likeness (QED) is 0.275. The number of morpholine rings is 1. The van der Waals surface area contributed by atoms with Crippen molar-refractivity contribution in [2.75, 3.05) is 31.3 Å². The maximum absolute atomic E-state index is 15.1.